The van der Waals surface area contributed by atoms with Crippen molar-refractivity contribution in [2.45, 2.75) is 32.2 Å². The van der Waals surface area contributed by atoms with Crippen molar-refractivity contribution in [3.8, 4) is 0 Å². The SMILES string of the molecule is CC(C)([C@H](NC(=O)OC1COC1)C(=O)O)C(F)(F)F. The van der Waals surface area contributed by atoms with Gasteiger partial charge in [0, 0.05) is 0 Å². The molecule has 1 fully saturated rings. The summed E-state index contributed by atoms with van der Waals surface area (Å²) in [5.41, 5.74) is -2.63. The molecular weight excluding hydrogens is 271 g/mol. The Morgan fingerprint density at radius 3 is 2.21 bits per heavy atom. The fourth-order valence-corrected chi connectivity index (χ4v) is 1.30. The first-order valence-corrected chi connectivity index (χ1v) is 5.40. The Bertz CT molecular complexity index is 365. The Hall–Kier alpha value is -1.51. The van der Waals surface area contributed by atoms with E-state index in [-0.39, 0.29) is 13.2 Å². The van der Waals surface area contributed by atoms with Gasteiger partial charge < -0.3 is 19.9 Å². The summed E-state index contributed by atoms with van der Waals surface area (Å²) in [7, 11) is 0. The van der Waals surface area contributed by atoms with Crippen LogP contribution in [-0.2, 0) is 14.3 Å². The lowest BCUT2D eigenvalue weighted by Crippen LogP contribution is -2.57. The van der Waals surface area contributed by atoms with Gasteiger partial charge in [-0.2, -0.15) is 13.2 Å². The molecule has 0 bridgehead atoms. The predicted molar refractivity (Wildman–Crippen MR) is 55.5 cm³/mol. The molecule has 0 spiro atoms. The summed E-state index contributed by atoms with van der Waals surface area (Å²) in [5, 5.41) is 10.6. The van der Waals surface area contributed by atoms with E-state index < -0.39 is 35.8 Å². The standard InChI is InChI=1S/C10H14F3NO5/c1-9(2,10(11,12)13)6(7(15)16)14-8(17)19-5-3-18-4-5/h5-6H,3-4H2,1-2H3,(H,14,17)(H,15,16)/t6-/m1/s1. The number of aliphatic carboxylic acids is 1. The smallest absolute Gasteiger partial charge is 0.408 e. The highest BCUT2D eigenvalue weighted by molar-refractivity contribution is 5.81. The molecule has 1 aliphatic rings. The largest absolute Gasteiger partial charge is 0.480 e. The average Bonchev–Trinajstić information content (AvgIpc) is 2.17. The van der Waals surface area contributed by atoms with Crippen molar-refractivity contribution in [2.24, 2.45) is 5.41 Å². The second-order valence-electron chi connectivity index (χ2n) is 4.70. The number of halogens is 3. The number of hydrogen-bond donors (Lipinski definition) is 2. The molecule has 1 atom stereocenters. The molecule has 110 valence electrons. The number of alkyl carbamates (subject to hydrolysis) is 1. The van der Waals surface area contributed by atoms with E-state index in [4.69, 9.17) is 9.84 Å². The fraction of sp³-hybridized carbons (Fsp3) is 0.800. The van der Waals surface area contributed by atoms with Gasteiger partial charge in [0.15, 0.2) is 6.10 Å². The number of alkyl halides is 3. The monoisotopic (exact) mass is 285 g/mol. The fourth-order valence-electron chi connectivity index (χ4n) is 1.30. The van der Waals surface area contributed by atoms with Crippen molar-refractivity contribution in [1.82, 2.24) is 5.32 Å². The summed E-state index contributed by atoms with van der Waals surface area (Å²) in [6.07, 6.45) is -6.55. The maximum atomic E-state index is 12.8. The lowest BCUT2D eigenvalue weighted by Gasteiger charge is -2.34. The minimum Gasteiger partial charge on any atom is -0.480 e. The van der Waals surface area contributed by atoms with E-state index in [0.717, 1.165) is 0 Å². The van der Waals surface area contributed by atoms with Crippen molar-refractivity contribution < 1.29 is 37.3 Å². The van der Waals surface area contributed by atoms with E-state index in [9.17, 15) is 22.8 Å². The number of carboxylic acids is 1. The van der Waals surface area contributed by atoms with Crippen LogP contribution in [-0.4, -0.2) is 48.7 Å². The van der Waals surface area contributed by atoms with Crippen molar-refractivity contribution in [2.75, 3.05) is 13.2 Å². The van der Waals surface area contributed by atoms with Crippen LogP contribution in [0.4, 0.5) is 18.0 Å². The molecule has 0 aromatic rings. The zero-order chi connectivity index (χ0) is 14.8. The second kappa shape index (κ2) is 5.24. The van der Waals surface area contributed by atoms with E-state index in [1.54, 1.807) is 5.32 Å². The predicted octanol–water partition coefficient (Wildman–Crippen LogP) is 1.15. The molecule has 9 heteroatoms. The van der Waals surface area contributed by atoms with Crippen LogP contribution in [0.25, 0.3) is 0 Å². The van der Waals surface area contributed by atoms with Gasteiger partial charge in [-0.05, 0) is 13.8 Å². The van der Waals surface area contributed by atoms with Crippen LogP contribution in [0.1, 0.15) is 13.8 Å². The molecule has 1 aliphatic heterocycles. The minimum absolute atomic E-state index is 0.147. The number of hydrogen-bond acceptors (Lipinski definition) is 4. The second-order valence-corrected chi connectivity index (χ2v) is 4.70. The molecule has 0 unspecified atom stereocenters. The molecule has 19 heavy (non-hydrogen) atoms. The number of nitrogens with one attached hydrogen (secondary N) is 1. The van der Waals surface area contributed by atoms with E-state index in [2.05, 4.69) is 4.74 Å². The zero-order valence-corrected chi connectivity index (χ0v) is 10.3. The van der Waals surface area contributed by atoms with Gasteiger partial charge >= 0.3 is 18.2 Å². The van der Waals surface area contributed by atoms with Gasteiger partial charge in [-0.3, -0.25) is 0 Å². The summed E-state index contributed by atoms with van der Waals surface area (Å²) in [5.74, 6) is -1.79. The number of carbonyl (C=O) groups excluding carboxylic acids is 1. The van der Waals surface area contributed by atoms with Crippen molar-refractivity contribution in [3.05, 3.63) is 0 Å². The van der Waals surface area contributed by atoms with Gasteiger partial charge in [-0.15, -0.1) is 0 Å². The molecule has 1 heterocycles. The van der Waals surface area contributed by atoms with Crippen LogP contribution in [0.15, 0.2) is 0 Å². The Balaban J connectivity index is 2.72. The van der Waals surface area contributed by atoms with E-state index in [1.807, 2.05) is 0 Å². The molecule has 1 rings (SSSR count). The molecule has 1 amide bonds. The molecular formula is C10H14F3NO5. The van der Waals surface area contributed by atoms with Crippen molar-refractivity contribution >= 4 is 12.1 Å². The van der Waals surface area contributed by atoms with Crippen LogP contribution in [0.2, 0.25) is 0 Å². The molecule has 2 N–H and O–H groups in total. The molecule has 6 nitrogen and oxygen atoms in total. The van der Waals surface area contributed by atoms with Gasteiger partial charge in [0.05, 0.1) is 18.6 Å². The Morgan fingerprint density at radius 2 is 1.89 bits per heavy atom. The highest BCUT2D eigenvalue weighted by atomic mass is 19.4. The Morgan fingerprint density at radius 1 is 1.37 bits per heavy atom. The molecule has 0 radical (unpaired) electrons. The topological polar surface area (TPSA) is 84.9 Å². The third-order valence-corrected chi connectivity index (χ3v) is 2.84. The normalized spacial score (nSPS) is 18.4. The van der Waals surface area contributed by atoms with Gasteiger partial charge in [-0.1, -0.05) is 0 Å². The maximum absolute atomic E-state index is 12.8. The maximum Gasteiger partial charge on any atom is 0.408 e. The third kappa shape index (κ3) is 3.49. The summed E-state index contributed by atoms with van der Waals surface area (Å²) < 4.78 is 47.7. The summed E-state index contributed by atoms with van der Waals surface area (Å²) in [4.78, 5) is 22.2. The first-order valence-electron chi connectivity index (χ1n) is 5.40. The number of rotatable bonds is 4. The summed E-state index contributed by atoms with van der Waals surface area (Å²) in [6.45, 7) is 1.68. The first-order chi connectivity index (χ1) is 8.55. The van der Waals surface area contributed by atoms with Crippen LogP contribution >= 0.6 is 0 Å². The number of amides is 1. The van der Waals surface area contributed by atoms with Gasteiger partial charge in [0.1, 0.15) is 6.04 Å². The van der Waals surface area contributed by atoms with Gasteiger partial charge in [-0.25, -0.2) is 9.59 Å². The van der Waals surface area contributed by atoms with Gasteiger partial charge in [0.2, 0.25) is 0 Å². The number of carboxylic acid groups (broad SMARTS) is 1. The number of ether oxygens (including phenoxy) is 2. The minimum atomic E-state index is -4.79. The Labute approximate surface area is 106 Å². The van der Waals surface area contributed by atoms with Crippen molar-refractivity contribution in [1.29, 1.82) is 0 Å². The molecule has 0 aromatic carbocycles. The average molecular weight is 285 g/mol. The zero-order valence-electron chi connectivity index (χ0n) is 10.3. The third-order valence-electron chi connectivity index (χ3n) is 2.84. The van der Waals surface area contributed by atoms with E-state index in [0.29, 0.717) is 13.8 Å². The highest BCUT2D eigenvalue weighted by Gasteiger charge is 2.56. The van der Waals surface area contributed by atoms with Crippen LogP contribution < -0.4 is 5.32 Å². The molecule has 0 aromatic heterocycles. The van der Waals surface area contributed by atoms with E-state index >= 15 is 0 Å². The summed E-state index contributed by atoms with van der Waals surface area (Å²) >= 11 is 0. The van der Waals surface area contributed by atoms with Crippen LogP contribution in [0, 0.1) is 5.41 Å². The molecule has 1 saturated heterocycles. The highest BCUT2D eigenvalue weighted by Crippen LogP contribution is 2.40. The van der Waals surface area contributed by atoms with Crippen LogP contribution in [0.3, 0.4) is 0 Å². The van der Waals surface area contributed by atoms with E-state index in [1.165, 1.54) is 0 Å². The molecule has 0 aliphatic carbocycles. The van der Waals surface area contributed by atoms with Crippen LogP contribution in [0.5, 0.6) is 0 Å². The Kier molecular flexibility index (Phi) is 4.28. The molecule has 0 saturated carbocycles. The quantitative estimate of drug-likeness (QED) is 0.809. The number of carbonyl (C=O) groups is 2. The lowest BCUT2D eigenvalue weighted by molar-refractivity contribution is -0.223. The first kappa shape index (κ1) is 15.5. The summed E-state index contributed by atoms with van der Waals surface area (Å²) in [6, 6.07) is -2.14. The lowest BCUT2D eigenvalue weighted by atomic mass is 9.83. The van der Waals surface area contributed by atoms with Crippen molar-refractivity contribution in [3.63, 3.8) is 0 Å². The van der Waals surface area contributed by atoms with Gasteiger partial charge in [0.25, 0.3) is 0 Å².